The summed E-state index contributed by atoms with van der Waals surface area (Å²) in [5.74, 6) is 1.62. The van der Waals surface area contributed by atoms with Gasteiger partial charge in [0, 0.05) is 5.02 Å². The Hall–Kier alpha value is -0.490. The Morgan fingerprint density at radius 1 is 1.36 bits per heavy atom. The van der Waals surface area contributed by atoms with Crippen molar-refractivity contribution in [3.05, 3.63) is 34.3 Å². The Balaban J connectivity index is 2.18. The molecular formula is C13H17Cl. The third kappa shape index (κ3) is 1.81. The molecule has 0 N–H and O–H groups in total. The van der Waals surface area contributed by atoms with Gasteiger partial charge in [-0.3, -0.25) is 0 Å². The minimum Gasteiger partial charge on any atom is -0.0841 e. The first-order valence-electron chi connectivity index (χ1n) is 5.44. The maximum absolute atomic E-state index is 6.01. The van der Waals surface area contributed by atoms with E-state index in [2.05, 4.69) is 26.0 Å². The van der Waals surface area contributed by atoms with E-state index in [1.807, 2.05) is 6.07 Å². The second-order valence-electron chi connectivity index (χ2n) is 4.49. The smallest absolute Gasteiger partial charge is 0.0435 e. The molecule has 1 fully saturated rings. The Labute approximate surface area is 91.3 Å². The quantitative estimate of drug-likeness (QED) is 0.669. The van der Waals surface area contributed by atoms with E-state index in [4.69, 9.17) is 11.6 Å². The second-order valence-corrected chi connectivity index (χ2v) is 4.90. The van der Waals surface area contributed by atoms with Crippen LogP contribution in [0, 0.1) is 12.8 Å². The van der Waals surface area contributed by atoms with Gasteiger partial charge in [-0.05, 0) is 48.8 Å². The molecule has 0 bridgehead atoms. The molecule has 1 atom stereocenters. The fraction of sp³-hybridized carbons (Fsp3) is 0.538. The molecule has 76 valence electrons. The van der Waals surface area contributed by atoms with Crippen molar-refractivity contribution < 1.29 is 0 Å². The maximum atomic E-state index is 6.01. The standard InChI is InChI=1S/C13H17Cl/c1-9-8-12(6-7-13(9)14)10(2)11-4-3-5-11/h6-8,10-11H,3-5H2,1-2H3. The molecule has 0 saturated heterocycles. The van der Waals surface area contributed by atoms with Crippen molar-refractivity contribution in [2.75, 3.05) is 0 Å². The van der Waals surface area contributed by atoms with Gasteiger partial charge in [-0.25, -0.2) is 0 Å². The van der Waals surface area contributed by atoms with Gasteiger partial charge in [-0.1, -0.05) is 37.1 Å². The summed E-state index contributed by atoms with van der Waals surface area (Å²) in [5.41, 5.74) is 2.66. The van der Waals surface area contributed by atoms with Gasteiger partial charge in [0.25, 0.3) is 0 Å². The van der Waals surface area contributed by atoms with Crippen LogP contribution >= 0.6 is 11.6 Å². The fourth-order valence-electron chi connectivity index (χ4n) is 2.16. The molecule has 1 aromatic carbocycles. The second kappa shape index (κ2) is 3.94. The Bertz CT molecular complexity index is 326. The topological polar surface area (TPSA) is 0 Å². The number of aryl methyl sites for hydroxylation is 1. The number of hydrogen-bond acceptors (Lipinski definition) is 0. The molecule has 0 aliphatic heterocycles. The Kier molecular flexibility index (Phi) is 2.83. The highest BCUT2D eigenvalue weighted by Gasteiger charge is 2.24. The Morgan fingerprint density at radius 2 is 2.07 bits per heavy atom. The van der Waals surface area contributed by atoms with Gasteiger partial charge in [0.05, 0.1) is 0 Å². The third-order valence-corrected chi connectivity index (χ3v) is 3.99. The molecule has 1 aliphatic rings. The van der Waals surface area contributed by atoms with Crippen LogP contribution in [-0.4, -0.2) is 0 Å². The zero-order valence-corrected chi connectivity index (χ0v) is 9.64. The summed E-state index contributed by atoms with van der Waals surface area (Å²) in [7, 11) is 0. The molecule has 0 nitrogen and oxygen atoms in total. The zero-order chi connectivity index (χ0) is 10.1. The van der Waals surface area contributed by atoms with E-state index in [0.717, 1.165) is 10.9 Å². The lowest BCUT2D eigenvalue weighted by Crippen LogP contribution is -2.18. The molecule has 0 amide bonds. The lowest BCUT2D eigenvalue weighted by molar-refractivity contribution is 0.272. The summed E-state index contributed by atoms with van der Waals surface area (Å²) in [4.78, 5) is 0. The first-order chi connectivity index (χ1) is 6.68. The van der Waals surface area contributed by atoms with Gasteiger partial charge in [-0.15, -0.1) is 0 Å². The monoisotopic (exact) mass is 208 g/mol. The van der Waals surface area contributed by atoms with E-state index in [9.17, 15) is 0 Å². The molecule has 1 saturated carbocycles. The van der Waals surface area contributed by atoms with E-state index in [0.29, 0.717) is 5.92 Å². The SMILES string of the molecule is Cc1cc(C(C)C2CCC2)ccc1Cl. The van der Waals surface area contributed by atoms with E-state index in [1.54, 1.807) is 0 Å². The highest BCUT2D eigenvalue weighted by Crippen LogP contribution is 2.39. The minimum atomic E-state index is 0.708. The number of benzene rings is 1. The lowest BCUT2D eigenvalue weighted by atomic mass is 9.74. The third-order valence-electron chi connectivity index (χ3n) is 3.56. The molecule has 0 radical (unpaired) electrons. The first-order valence-corrected chi connectivity index (χ1v) is 5.82. The van der Waals surface area contributed by atoms with Crippen molar-refractivity contribution >= 4 is 11.6 Å². The van der Waals surface area contributed by atoms with Crippen molar-refractivity contribution in [2.45, 2.75) is 39.0 Å². The predicted octanol–water partition coefficient (Wildman–Crippen LogP) is 4.55. The molecule has 2 rings (SSSR count). The van der Waals surface area contributed by atoms with E-state index in [1.165, 1.54) is 30.4 Å². The van der Waals surface area contributed by atoms with Crippen LogP contribution in [0.3, 0.4) is 0 Å². The average Bonchev–Trinajstić information content (AvgIpc) is 2.06. The zero-order valence-electron chi connectivity index (χ0n) is 8.89. The molecule has 14 heavy (non-hydrogen) atoms. The summed E-state index contributed by atoms with van der Waals surface area (Å²) in [6.07, 6.45) is 4.23. The van der Waals surface area contributed by atoms with E-state index in [-0.39, 0.29) is 0 Å². The van der Waals surface area contributed by atoms with Gasteiger partial charge < -0.3 is 0 Å². The molecule has 1 aromatic rings. The van der Waals surface area contributed by atoms with Gasteiger partial charge in [0.2, 0.25) is 0 Å². The van der Waals surface area contributed by atoms with Gasteiger partial charge in [0.1, 0.15) is 0 Å². The van der Waals surface area contributed by atoms with E-state index < -0.39 is 0 Å². The van der Waals surface area contributed by atoms with Gasteiger partial charge >= 0.3 is 0 Å². The van der Waals surface area contributed by atoms with Crippen LogP contribution in [0.25, 0.3) is 0 Å². The maximum Gasteiger partial charge on any atom is 0.0435 e. The molecule has 0 aromatic heterocycles. The highest BCUT2D eigenvalue weighted by molar-refractivity contribution is 6.31. The summed E-state index contributed by atoms with van der Waals surface area (Å²) in [5, 5.41) is 0.884. The van der Waals surface area contributed by atoms with Gasteiger partial charge in [0.15, 0.2) is 0 Å². The van der Waals surface area contributed by atoms with Crippen LogP contribution in [0.2, 0.25) is 5.02 Å². The van der Waals surface area contributed by atoms with Crippen molar-refractivity contribution in [2.24, 2.45) is 5.92 Å². The highest BCUT2D eigenvalue weighted by atomic mass is 35.5. The van der Waals surface area contributed by atoms with Crippen molar-refractivity contribution in [1.29, 1.82) is 0 Å². The molecule has 0 heterocycles. The average molecular weight is 209 g/mol. The van der Waals surface area contributed by atoms with Crippen LogP contribution in [0.1, 0.15) is 43.2 Å². The summed E-state index contributed by atoms with van der Waals surface area (Å²) >= 11 is 6.01. The van der Waals surface area contributed by atoms with Gasteiger partial charge in [-0.2, -0.15) is 0 Å². The number of rotatable bonds is 2. The first kappa shape index (κ1) is 10.0. The predicted molar refractivity (Wildman–Crippen MR) is 61.9 cm³/mol. The summed E-state index contributed by atoms with van der Waals surface area (Å²) < 4.78 is 0. The largest absolute Gasteiger partial charge is 0.0841 e. The molecule has 1 aliphatic carbocycles. The summed E-state index contributed by atoms with van der Waals surface area (Å²) in [6, 6.07) is 6.45. The van der Waals surface area contributed by atoms with Crippen molar-refractivity contribution in [1.82, 2.24) is 0 Å². The molecule has 0 spiro atoms. The molecule has 1 unspecified atom stereocenters. The number of hydrogen-bond donors (Lipinski definition) is 0. The van der Waals surface area contributed by atoms with Crippen LogP contribution in [0.4, 0.5) is 0 Å². The fourth-order valence-corrected chi connectivity index (χ4v) is 2.28. The van der Waals surface area contributed by atoms with Crippen LogP contribution in [0.5, 0.6) is 0 Å². The molecular weight excluding hydrogens is 192 g/mol. The van der Waals surface area contributed by atoms with Crippen molar-refractivity contribution in [3.8, 4) is 0 Å². The Morgan fingerprint density at radius 3 is 2.57 bits per heavy atom. The number of halogens is 1. The van der Waals surface area contributed by atoms with Crippen LogP contribution < -0.4 is 0 Å². The van der Waals surface area contributed by atoms with Crippen LogP contribution in [0.15, 0.2) is 18.2 Å². The normalized spacial score (nSPS) is 19.1. The van der Waals surface area contributed by atoms with E-state index >= 15 is 0 Å². The molecule has 1 heteroatoms. The summed E-state index contributed by atoms with van der Waals surface area (Å²) in [6.45, 7) is 4.42. The lowest BCUT2D eigenvalue weighted by Gasteiger charge is -2.32. The van der Waals surface area contributed by atoms with Crippen molar-refractivity contribution in [3.63, 3.8) is 0 Å². The minimum absolute atomic E-state index is 0.708. The van der Waals surface area contributed by atoms with Crippen LogP contribution in [-0.2, 0) is 0 Å².